The van der Waals surface area contributed by atoms with Gasteiger partial charge in [-0.25, -0.2) is 4.98 Å². The van der Waals surface area contributed by atoms with Gasteiger partial charge in [0.2, 0.25) is 5.91 Å². The van der Waals surface area contributed by atoms with E-state index in [0.717, 1.165) is 42.6 Å². The first kappa shape index (κ1) is 19.3. The first-order valence-corrected chi connectivity index (χ1v) is 10.1. The van der Waals surface area contributed by atoms with Crippen molar-refractivity contribution >= 4 is 28.3 Å². The number of aromatic nitrogens is 1. The van der Waals surface area contributed by atoms with Crippen LogP contribution in [0.2, 0.25) is 0 Å². The van der Waals surface area contributed by atoms with Gasteiger partial charge >= 0.3 is 0 Å². The lowest BCUT2D eigenvalue weighted by molar-refractivity contribution is -0.892. The van der Waals surface area contributed by atoms with Gasteiger partial charge in [-0.2, -0.15) is 0 Å². The van der Waals surface area contributed by atoms with Crippen molar-refractivity contribution in [3.05, 3.63) is 35.7 Å². The number of nitrogens with zero attached hydrogens (tertiary/aromatic N) is 2. The van der Waals surface area contributed by atoms with E-state index in [1.807, 2.05) is 18.2 Å². The van der Waals surface area contributed by atoms with Crippen molar-refractivity contribution < 1.29 is 14.5 Å². The van der Waals surface area contributed by atoms with Gasteiger partial charge in [-0.15, -0.1) is 11.3 Å². The minimum Gasteiger partial charge on any atom is -0.337 e. The van der Waals surface area contributed by atoms with E-state index >= 15 is 0 Å². The Labute approximate surface area is 163 Å². The maximum atomic E-state index is 12.0. The van der Waals surface area contributed by atoms with Gasteiger partial charge in [0, 0.05) is 16.9 Å². The minimum absolute atomic E-state index is 0.153. The molecule has 3 N–H and O–H groups in total. The van der Waals surface area contributed by atoms with E-state index in [0.29, 0.717) is 6.54 Å². The molecule has 0 spiro atoms. The third-order valence-corrected chi connectivity index (χ3v) is 5.46. The summed E-state index contributed by atoms with van der Waals surface area (Å²) in [5.74, 6) is -0.491. The highest BCUT2D eigenvalue weighted by molar-refractivity contribution is 7.14. The molecule has 1 aliphatic rings. The normalized spacial score (nSPS) is 15.0. The van der Waals surface area contributed by atoms with Crippen LogP contribution in [0, 0.1) is 5.92 Å². The number of nitrogens with one attached hydrogen (secondary N) is 3. The molecule has 1 aliphatic heterocycles. The van der Waals surface area contributed by atoms with Crippen molar-refractivity contribution in [1.29, 1.82) is 0 Å². The molecule has 2 heterocycles. The third-order valence-electron chi connectivity index (χ3n) is 4.56. The van der Waals surface area contributed by atoms with Crippen molar-refractivity contribution in [3.8, 4) is 11.3 Å². The lowest BCUT2D eigenvalue weighted by atomic mass is 10.2. The van der Waals surface area contributed by atoms with E-state index in [2.05, 4.69) is 33.3 Å². The summed E-state index contributed by atoms with van der Waals surface area (Å²) >= 11 is 1.66. The highest BCUT2D eigenvalue weighted by Crippen LogP contribution is 2.27. The number of benzene rings is 1. The van der Waals surface area contributed by atoms with Crippen LogP contribution in [-0.2, 0) is 9.59 Å². The lowest BCUT2D eigenvalue weighted by Gasteiger charge is -2.31. The SMILES string of the molecule is CC(C)C(=O)NNC(=O)C[NH+]1CCN(c2nc(-c3ccccc3)cs2)CC1. The molecule has 1 aromatic carbocycles. The summed E-state index contributed by atoms with van der Waals surface area (Å²) in [4.78, 5) is 31.7. The number of hydrazine groups is 1. The second-order valence-electron chi connectivity index (χ2n) is 6.99. The number of hydrogen-bond donors (Lipinski definition) is 3. The Morgan fingerprint density at radius 3 is 2.56 bits per heavy atom. The molecule has 144 valence electrons. The topological polar surface area (TPSA) is 78.8 Å². The Hall–Kier alpha value is -2.45. The van der Waals surface area contributed by atoms with Crippen molar-refractivity contribution in [1.82, 2.24) is 15.8 Å². The fourth-order valence-corrected chi connectivity index (χ4v) is 3.78. The highest BCUT2D eigenvalue weighted by Gasteiger charge is 2.24. The molecule has 3 rings (SSSR count). The number of piperazine rings is 1. The Kier molecular flexibility index (Phi) is 6.41. The summed E-state index contributed by atoms with van der Waals surface area (Å²) in [5, 5.41) is 3.12. The number of anilines is 1. The van der Waals surface area contributed by atoms with Crippen LogP contribution in [0.1, 0.15) is 13.8 Å². The van der Waals surface area contributed by atoms with E-state index in [4.69, 9.17) is 4.98 Å². The zero-order valence-electron chi connectivity index (χ0n) is 15.7. The molecule has 7 nitrogen and oxygen atoms in total. The highest BCUT2D eigenvalue weighted by atomic mass is 32.1. The Morgan fingerprint density at radius 1 is 1.19 bits per heavy atom. The molecule has 2 amide bonds. The second kappa shape index (κ2) is 8.96. The molecule has 0 unspecified atom stereocenters. The van der Waals surface area contributed by atoms with Crippen LogP contribution in [0.4, 0.5) is 5.13 Å². The third kappa shape index (κ3) is 5.27. The Balaban J connectivity index is 1.46. The number of hydrogen-bond acceptors (Lipinski definition) is 5. The average Bonchev–Trinajstić information content (AvgIpc) is 3.17. The van der Waals surface area contributed by atoms with Crippen LogP contribution in [0.15, 0.2) is 35.7 Å². The molecule has 27 heavy (non-hydrogen) atoms. The molecule has 0 saturated carbocycles. The first-order chi connectivity index (χ1) is 13.0. The molecule has 0 radical (unpaired) electrons. The molecular formula is C19H26N5O2S+. The maximum Gasteiger partial charge on any atom is 0.293 e. The van der Waals surface area contributed by atoms with Crippen molar-refractivity contribution in [2.75, 3.05) is 37.6 Å². The zero-order valence-corrected chi connectivity index (χ0v) is 16.5. The van der Waals surface area contributed by atoms with Gasteiger partial charge in [-0.1, -0.05) is 44.2 Å². The molecule has 2 aromatic rings. The van der Waals surface area contributed by atoms with Crippen LogP contribution in [-0.4, -0.2) is 49.5 Å². The number of thiazole rings is 1. The number of amides is 2. The van der Waals surface area contributed by atoms with Gasteiger partial charge in [-0.3, -0.25) is 20.4 Å². The summed E-state index contributed by atoms with van der Waals surface area (Å²) in [6.07, 6.45) is 0. The van der Waals surface area contributed by atoms with Gasteiger partial charge < -0.3 is 9.80 Å². The summed E-state index contributed by atoms with van der Waals surface area (Å²) in [5.41, 5.74) is 7.08. The number of rotatable bonds is 5. The average molecular weight is 389 g/mol. The predicted octanol–water partition coefficient (Wildman–Crippen LogP) is 0.318. The summed E-state index contributed by atoms with van der Waals surface area (Å²) in [6, 6.07) is 10.2. The van der Waals surface area contributed by atoms with Crippen LogP contribution in [0.25, 0.3) is 11.3 Å². The zero-order chi connectivity index (χ0) is 19.2. The molecule has 0 aliphatic carbocycles. The van der Waals surface area contributed by atoms with Gasteiger partial charge in [0.05, 0.1) is 31.9 Å². The molecule has 1 fully saturated rings. The number of carbonyl (C=O) groups is 2. The molecular weight excluding hydrogens is 362 g/mol. The first-order valence-electron chi connectivity index (χ1n) is 9.21. The number of quaternary nitrogens is 1. The molecule has 0 atom stereocenters. The maximum absolute atomic E-state index is 12.0. The number of carbonyl (C=O) groups excluding carboxylic acids is 2. The van der Waals surface area contributed by atoms with Crippen LogP contribution in [0.5, 0.6) is 0 Å². The second-order valence-corrected chi connectivity index (χ2v) is 7.82. The standard InChI is InChI=1S/C19H25N5O2S/c1-14(2)18(26)22-21-17(25)12-23-8-10-24(11-9-23)19-20-16(13-27-19)15-6-4-3-5-7-15/h3-7,13-14H,8-12H2,1-2H3,(H,21,25)(H,22,26)/p+1. The fraction of sp³-hybridized carbons (Fsp3) is 0.421. The Bertz CT molecular complexity index is 769. The Morgan fingerprint density at radius 2 is 1.89 bits per heavy atom. The summed E-state index contributed by atoms with van der Waals surface area (Å²) < 4.78 is 0. The van der Waals surface area contributed by atoms with Crippen molar-refractivity contribution in [2.24, 2.45) is 5.92 Å². The van der Waals surface area contributed by atoms with Crippen LogP contribution < -0.4 is 20.7 Å². The largest absolute Gasteiger partial charge is 0.337 e. The fourth-order valence-electron chi connectivity index (χ4n) is 2.89. The minimum atomic E-state index is -0.179. The predicted molar refractivity (Wildman–Crippen MR) is 106 cm³/mol. The van der Waals surface area contributed by atoms with Gasteiger partial charge in [0.1, 0.15) is 0 Å². The van der Waals surface area contributed by atoms with Gasteiger partial charge in [0.15, 0.2) is 11.7 Å². The molecule has 1 saturated heterocycles. The summed E-state index contributed by atoms with van der Waals surface area (Å²) in [6.45, 7) is 7.39. The molecule has 8 heteroatoms. The van der Waals surface area contributed by atoms with Gasteiger partial charge in [-0.05, 0) is 0 Å². The van der Waals surface area contributed by atoms with E-state index in [1.165, 1.54) is 4.90 Å². The van der Waals surface area contributed by atoms with Crippen LogP contribution in [0.3, 0.4) is 0 Å². The smallest absolute Gasteiger partial charge is 0.293 e. The van der Waals surface area contributed by atoms with Crippen molar-refractivity contribution in [2.45, 2.75) is 13.8 Å². The van der Waals surface area contributed by atoms with Crippen LogP contribution >= 0.6 is 11.3 Å². The molecule has 1 aromatic heterocycles. The lowest BCUT2D eigenvalue weighted by Crippen LogP contribution is -3.16. The van der Waals surface area contributed by atoms with Gasteiger partial charge in [0.25, 0.3) is 5.91 Å². The van der Waals surface area contributed by atoms with E-state index in [1.54, 1.807) is 25.2 Å². The monoisotopic (exact) mass is 388 g/mol. The summed E-state index contributed by atoms with van der Waals surface area (Å²) in [7, 11) is 0. The molecule has 0 bridgehead atoms. The van der Waals surface area contributed by atoms with E-state index in [9.17, 15) is 9.59 Å². The quantitative estimate of drug-likeness (QED) is 0.645. The van der Waals surface area contributed by atoms with E-state index < -0.39 is 0 Å². The van der Waals surface area contributed by atoms with Crippen molar-refractivity contribution in [3.63, 3.8) is 0 Å². The van der Waals surface area contributed by atoms with E-state index in [-0.39, 0.29) is 17.7 Å².